The minimum Gasteiger partial charge on any atom is -0.329 e. The number of nitrogens with zero attached hydrogens (tertiary/aromatic N) is 4. The molecule has 7 nitrogen and oxygen atoms in total. The number of hydrogen-bond acceptors (Lipinski definition) is 5. The fraction of sp³-hybridized carbons (Fsp3) is 0.238. The predicted molar refractivity (Wildman–Crippen MR) is 111 cm³/mol. The van der Waals surface area contributed by atoms with E-state index < -0.39 is 0 Å². The Morgan fingerprint density at radius 2 is 1.80 bits per heavy atom. The third-order valence-electron chi connectivity index (χ3n) is 4.71. The maximum Gasteiger partial charge on any atom is 0.324 e. The van der Waals surface area contributed by atoms with Crippen LogP contribution in [-0.2, 0) is 11.3 Å². The summed E-state index contributed by atoms with van der Waals surface area (Å²) in [5, 5.41) is 11.7. The van der Waals surface area contributed by atoms with Crippen LogP contribution in [0.2, 0.25) is 0 Å². The molecule has 0 bridgehead atoms. The van der Waals surface area contributed by atoms with Gasteiger partial charge in [-0.1, -0.05) is 54.2 Å². The molecule has 3 aromatic rings. The maximum atomic E-state index is 14.4. The molecule has 1 aromatic heterocycles. The number of thioether (sulfide) groups is 1. The summed E-state index contributed by atoms with van der Waals surface area (Å²) in [6.45, 7) is 0.918. The number of amides is 3. The van der Waals surface area contributed by atoms with Gasteiger partial charge in [0.1, 0.15) is 5.82 Å². The zero-order valence-electron chi connectivity index (χ0n) is 16.1. The smallest absolute Gasteiger partial charge is 0.324 e. The molecule has 0 saturated carbocycles. The van der Waals surface area contributed by atoms with Crippen LogP contribution in [0.1, 0.15) is 12.0 Å². The molecule has 1 aliphatic heterocycles. The van der Waals surface area contributed by atoms with Gasteiger partial charge in [0.05, 0.1) is 18.7 Å². The van der Waals surface area contributed by atoms with Gasteiger partial charge in [0.15, 0.2) is 11.0 Å². The molecule has 1 aliphatic rings. The quantitative estimate of drug-likeness (QED) is 0.341. The van der Waals surface area contributed by atoms with Crippen LogP contribution in [-0.4, -0.2) is 50.4 Å². The number of carbonyl (C=O) groups is 2. The molecule has 0 unspecified atom stereocenters. The van der Waals surface area contributed by atoms with Gasteiger partial charge in [-0.25, -0.2) is 9.18 Å². The highest BCUT2D eigenvalue weighted by atomic mass is 32.2. The van der Waals surface area contributed by atoms with Gasteiger partial charge in [-0.15, -0.1) is 10.2 Å². The maximum absolute atomic E-state index is 14.4. The summed E-state index contributed by atoms with van der Waals surface area (Å²) in [5.74, 6) is 0.545. The Bertz CT molecular complexity index is 1040. The molecular weight excluding hydrogens is 405 g/mol. The number of rotatable bonds is 8. The van der Waals surface area contributed by atoms with Crippen molar-refractivity contribution in [2.24, 2.45) is 0 Å². The fourth-order valence-electron chi connectivity index (χ4n) is 3.21. The van der Waals surface area contributed by atoms with Crippen molar-refractivity contribution in [1.82, 2.24) is 25.0 Å². The Morgan fingerprint density at radius 1 is 1.03 bits per heavy atom. The van der Waals surface area contributed by atoms with E-state index in [4.69, 9.17) is 0 Å². The van der Waals surface area contributed by atoms with Crippen molar-refractivity contribution in [3.8, 4) is 11.4 Å². The molecule has 154 valence electrons. The summed E-state index contributed by atoms with van der Waals surface area (Å²) in [5.41, 5.74) is 1.45. The topological polar surface area (TPSA) is 80.1 Å². The van der Waals surface area contributed by atoms with E-state index in [9.17, 15) is 14.0 Å². The number of halogens is 1. The second-order valence-electron chi connectivity index (χ2n) is 6.76. The molecular formula is C21H20FN5O2S. The van der Waals surface area contributed by atoms with Crippen LogP contribution in [0.15, 0.2) is 59.8 Å². The lowest BCUT2D eigenvalue weighted by Gasteiger charge is -2.13. The van der Waals surface area contributed by atoms with Crippen molar-refractivity contribution in [2.75, 3.05) is 18.8 Å². The van der Waals surface area contributed by atoms with E-state index >= 15 is 0 Å². The molecule has 0 spiro atoms. The summed E-state index contributed by atoms with van der Waals surface area (Å²) in [7, 11) is 0. The first kappa shape index (κ1) is 20.1. The molecule has 4 rings (SSSR count). The molecule has 2 heterocycles. The van der Waals surface area contributed by atoms with Gasteiger partial charge in [0.2, 0.25) is 5.91 Å². The van der Waals surface area contributed by atoms with Crippen LogP contribution >= 0.6 is 11.8 Å². The lowest BCUT2D eigenvalue weighted by atomic mass is 10.2. The average molecular weight is 425 g/mol. The van der Waals surface area contributed by atoms with E-state index in [2.05, 4.69) is 15.5 Å². The van der Waals surface area contributed by atoms with Gasteiger partial charge in [-0.3, -0.25) is 14.3 Å². The Hall–Kier alpha value is -3.20. The molecule has 1 N–H and O–H groups in total. The van der Waals surface area contributed by atoms with Crippen molar-refractivity contribution in [1.29, 1.82) is 0 Å². The van der Waals surface area contributed by atoms with E-state index in [1.54, 1.807) is 18.2 Å². The first-order valence-corrected chi connectivity index (χ1v) is 10.5. The third-order valence-corrected chi connectivity index (χ3v) is 5.76. The number of hydrogen-bond donors (Lipinski definition) is 1. The number of benzene rings is 2. The Labute approximate surface area is 177 Å². The zero-order valence-corrected chi connectivity index (χ0v) is 16.9. The molecule has 1 saturated heterocycles. The zero-order chi connectivity index (χ0) is 20.9. The summed E-state index contributed by atoms with van der Waals surface area (Å²) in [4.78, 5) is 24.5. The SMILES string of the molecule is O=C1CNC(=O)N1CCCSc1nnc(-c2ccccc2F)n1Cc1ccccc1. The highest BCUT2D eigenvalue weighted by Crippen LogP contribution is 2.27. The average Bonchev–Trinajstić information content (AvgIpc) is 3.29. The highest BCUT2D eigenvalue weighted by Gasteiger charge is 2.27. The largest absolute Gasteiger partial charge is 0.329 e. The minimum absolute atomic E-state index is 0.0589. The highest BCUT2D eigenvalue weighted by molar-refractivity contribution is 7.99. The van der Waals surface area contributed by atoms with Gasteiger partial charge in [0, 0.05) is 12.3 Å². The summed E-state index contributed by atoms with van der Waals surface area (Å²) in [6.07, 6.45) is 0.622. The fourth-order valence-corrected chi connectivity index (χ4v) is 4.07. The molecule has 30 heavy (non-hydrogen) atoms. The second-order valence-corrected chi connectivity index (χ2v) is 7.83. The van der Waals surface area contributed by atoms with E-state index in [1.165, 1.54) is 22.7 Å². The summed E-state index contributed by atoms with van der Waals surface area (Å²) >= 11 is 1.47. The number of aromatic nitrogens is 3. The molecule has 0 aliphatic carbocycles. The monoisotopic (exact) mass is 425 g/mol. The first-order chi connectivity index (χ1) is 14.6. The van der Waals surface area contributed by atoms with E-state index in [-0.39, 0.29) is 24.3 Å². The second kappa shape index (κ2) is 9.08. The van der Waals surface area contributed by atoms with Crippen LogP contribution in [0.4, 0.5) is 9.18 Å². The lowest BCUT2D eigenvalue weighted by molar-refractivity contribution is -0.124. The number of urea groups is 1. The normalized spacial score (nSPS) is 13.7. The predicted octanol–water partition coefficient (Wildman–Crippen LogP) is 3.17. The first-order valence-electron chi connectivity index (χ1n) is 9.56. The van der Waals surface area contributed by atoms with Crippen LogP contribution in [0.3, 0.4) is 0 Å². The van der Waals surface area contributed by atoms with Gasteiger partial charge in [-0.2, -0.15) is 0 Å². The van der Waals surface area contributed by atoms with Gasteiger partial charge < -0.3 is 5.32 Å². The summed E-state index contributed by atoms with van der Waals surface area (Å²) < 4.78 is 16.3. The molecule has 3 amide bonds. The van der Waals surface area contributed by atoms with Crippen LogP contribution in [0.5, 0.6) is 0 Å². The Morgan fingerprint density at radius 3 is 2.53 bits per heavy atom. The molecule has 1 fully saturated rings. The van der Waals surface area contributed by atoms with Gasteiger partial charge >= 0.3 is 6.03 Å². The molecule has 2 aromatic carbocycles. The van der Waals surface area contributed by atoms with Crippen molar-refractivity contribution in [3.05, 3.63) is 66.0 Å². The van der Waals surface area contributed by atoms with Gasteiger partial charge in [0.25, 0.3) is 0 Å². The standard InChI is InChI=1S/C21H20FN5O2S/c22-17-10-5-4-9-16(17)19-24-25-21(27(19)14-15-7-2-1-3-8-15)30-12-6-11-26-18(28)13-23-20(26)29/h1-5,7-10H,6,11-14H2,(H,23,29). The third kappa shape index (κ3) is 4.35. The van der Waals surface area contributed by atoms with Crippen LogP contribution < -0.4 is 5.32 Å². The van der Waals surface area contributed by atoms with Crippen LogP contribution in [0, 0.1) is 5.82 Å². The number of carbonyl (C=O) groups excluding carboxylic acids is 2. The van der Waals surface area contributed by atoms with E-state index in [0.717, 1.165) is 5.56 Å². The van der Waals surface area contributed by atoms with E-state index in [1.807, 2.05) is 34.9 Å². The van der Waals surface area contributed by atoms with E-state index in [0.29, 0.717) is 41.8 Å². The van der Waals surface area contributed by atoms with Crippen molar-refractivity contribution in [2.45, 2.75) is 18.1 Å². The lowest BCUT2D eigenvalue weighted by Crippen LogP contribution is -2.32. The van der Waals surface area contributed by atoms with Crippen molar-refractivity contribution in [3.63, 3.8) is 0 Å². The van der Waals surface area contributed by atoms with Crippen molar-refractivity contribution >= 4 is 23.7 Å². The Balaban J connectivity index is 1.51. The van der Waals surface area contributed by atoms with Crippen LogP contribution in [0.25, 0.3) is 11.4 Å². The van der Waals surface area contributed by atoms with Crippen molar-refractivity contribution < 1.29 is 14.0 Å². The molecule has 0 atom stereocenters. The van der Waals surface area contributed by atoms with Gasteiger partial charge in [-0.05, 0) is 24.1 Å². The molecule has 9 heteroatoms. The minimum atomic E-state index is -0.352. The summed E-state index contributed by atoms with van der Waals surface area (Å²) in [6, 6.07) is 16.0. The Kier molecular flexibility index (Phi) is 6.08. The number of imide groups is 1. The number of nitrogens with one attached hydrogen (secondary N) is 1. The molecule has 0 radical (unpaired) electrons.